The van der Waals surface area contributed by atoms with E-state index < -0.39 is 6.10 Å². The van der Waals surface area contributed by atoms with Crippen LogP contribution in [0.2, 0.25) is 0 Å². The first kappa shape index (κ1) is 17.1. The third kappa shape index (κ3) is 6.01. The molecule has 0 amide bonds. The van der Waals surface area contributed by atoms with E-state index in [-0.39, 0.29) is 12.6 Å². The molecule has 4 nitrogen and oxygen atoms in total. The van der Waals surface area contributed by atoms with Crippen molar-refractivity contribution in [3.8, 4) is 0 Å². The molecule has 0 bridgehead atoms. The molecule has 3 N–H and O–H groups in total. The van der Waals surface area contributed by atoms with Gasteiger partial charge in [-0.15, -0.1) is 0 Å². The van der Waals surface area contributed by atoms with E-state index in [1.807, 2.05) is 19.1 Å². The number of ether oxygens (including phenoxy) is 1. The number of aryl methyl sites for hydroxylation is 1. The summed E-state index contributed by atoms with van der Waals surface area (Å²) in [4.78, 5) is 0. The summed E-state index contributed by atoms with van der Waals surface area (Å²) < 4.78 is 5.17. The smallest absolute Gasteiger partial charge is 0.0940 e. The zero-order valence-electron chi connectivity index (χ0n) is 12.5. The van der Waals surface area contributed by atoms with Crippen LogP contribution in [0.1, 0.15) is 37.5 Å². The fourth-order valence-electron chi connectivity index (χ4n) is 2.10. The highest BCUT2D eigenvalue weighted by molar-refractivity contribution is 5.25. The molecule has 0 aliphatic rings. The number of hydrogen-bond donors (Lipinski definition) is 3. The van der Waals surface area contributed by atoms with E-state index in [1.54, 1.807) is 0 Å². The molecule has 2 atom stereocenters. The summed E-state index contributed by atoms with van der Waals surface area (Å²) in [6.07, 6.45) is 1.68. The Morgan fingerprint density at radius 2 is 1.90 bits per heavy atom. The lowest BCUT2D eigenvalue weighted by Crippen LogP contribution is -2.34. The van der Waals surface area contributed by atoms with Gasteiger partial charge in [0, 0.05) is 12.6 Å². The number of benzene rings is 1. The molecule has 0 radical (unpaired) electrons. The van der Waals surface area contributed by atoms with E-state index in [9.17, 15) is 5.11 Å². The van der Waals surface area contributed by atoms with E-state index in [4.69, 9.17) is 9.84 Å². The topological polar surface area (TPSA) is 61.7 Å². The highest BCUT2D eigenvalue weighted by atomic mass is 16.5. The van der Waals surface area contributed by atoms with Gasteiger partial charge in [-0.05, 0) is 24.5 Å². The Morgan fingerprint density at radius 3 is 2.50 bits per heavy atom. The summed E-state index contributed by atoms with van der Waals surface area (Å²) >= 11 is 0. The summed E-state index contributed by atoms with van der Waals surface area (Å²) in [5.74, 6) is 0. The molecule has 0 aromatic heterocycles. The highest BCUT2D eigenvalue weighted by Gasteiger charge is 2.15. The minimum atomic E-state index is -0.525. The standard InChI is InChI=1S/C16H27NO3/c1-3-4-14-5-7-15(8-6-14)16(19)13(2)17-9-11-20-12-10-18/h5-8,13,16-19H,3-4,9-12H2,1-2H3. The molecular formula is C16H27NO3. The zero-order chi connectivity index (χ0) is 14.8. The molecular weight excluding hydrogens is 254 g/mol. The van der Waals surface area contributed by atoms with Gasteiger partial charge in [-0.25, -0.2) is 0 Å². The van der Waals surface area contributed by atoms with Crippen LogP contribution in [0.5, 0.6) is 0 Å². The normalized spacial score (nSPS) is 14.2. The first-order chi connectivity index (χ1) is 9.69. The van der Waals surface area contributed by atoms with Crippen LogP contribution in [0.3, 0.4) is 0 Å². The second-order valence-corrected chi connectivity index (χ2v) is 5.02. The van der Waals surface area contributed by atoms with Gasteiger partial charge in [0.25, 0.3) is 0 Å². The minimum absolute atomic E-state index is 0.0373. The minimum Gasteiger partial charge on any atom is -0.394 e. The molecule has 20 heavy (non-hydrogen) atoms. The number of hydrogen-bond acceptors (Lipinski definition) is 4. The molecule has 0 aliphatic heterocycles. The average molecular weight is 281 g/mol. The van der Waals surface area contributed by atoms with Crippen molar-refractivity contribution in [1.29, 1.82) is 0 Å². The maximum atomic E-state index is 10.3. The maximum absolute atomic E-state index is 10.3. The molecule has 0 aliphatic carbocycles. The van der Waals surface area contributed by atoms with Gasteiger partial charge in [0.1, 0.15) is 0 Å². The fraction of sp³-hybridized carbons (Fsp3) is 0.625. The van der Waals surface area contributed by atoms with Gasteiger partial charge in [-0.1, -0.05) is 37.6 Å². The number of rotatable bonds is 10. The Kier molecular flexibility index (Phi) is 8.46. The van der Waals surface area contributed by atoms with Crippen molar-refractivity contribution in [2.24, 2.45) is 0 Å². The molecule has 0 spiro atoms. The summed E-state index contributed by atoms with van der Waals surface area (Å²) in [6, 6.07) is 8.12. The predicted octanol–water partition coefficient (Wildman–Crippen LogP) is 1.66. The van der Waals surface area contributed by atoms with Crippen LogP contribution in [0.15, 0.2) is 24.3 Å². The van der Waals surface area contributed by atoms with Crippen molar-refractivity contribution in [3.63, 3.8) is 0 Å². The summed E-state index contributed by atoms with van der Waals surface area (Å²) in [5, 5.41) is 22.1. The lowest BCUT2D eigenvalue weighted by Gasteiger charge is -2.21. The second kappa shape index (κ2) is 9.88. The van der Waals surface area contributed by atoms with Crippen LogP contribution in [0.25, 0.3) is 0 Å². The molecule has 0 heterocycles. The van der Waals surface area contributed by atoms with Crippen LogP contribution in [-0.2, 0) is 11.2 Å². The maximum Gasteiger partial charge on any atom is 0.0940 e. The van der Waals surface area contributed by atoms with Crippen LogP contribution in [-0.4, -0.2) is 42.6 Å². The monoisotopic (exact) mass is 281 g/mol. The van der Waals surface area contributed by atoms with Gasteiger partial charge in [-0.3, -0.25) is 0 Å². The number of aliphatic hydroxyl groups is 2. The Labute approximate surface area is 121 Å². The van der Waals surface area contributed by atoms with Crippen molar-refractivity contribution in [1.82, 2.24) is 5.32 Å². The molecule has 0 saturated heterocycles. The first-order valence-electron chi connectivity index (χ1n) is 7.38. The molecule has 114 valence electrons. The molecule has 2 unspecified atom stereocenters. The summed E-state index contributed by atoms with van der Waals surface area (Å²) in [6.45, 7) is 5.71. The molecule has 1 rings (SSSR count). The van der Waals surface area contributed by atoms with Gasteiger partial charge >= 0.3 is 0 Å². The van der Waals surface area contributed by atoms with Crippen LogP contribution in [0, 0.1) is 0 Å². The van der Waals surface area contributed by atoms with Crippen molar-refractivity contribution >= 4 is 0 Å². The molecule has 0 fully saturated rings. The highest BCUT2D eigenvalue weighted by Crippen LogP contribution is 2.17. The Morgan fingerprint density at radius 1 is 1.20 bits per heavy atom. The van der Waals surface area contributed by atoms with E-state index in [0.717, 1.165) is 18.4 Å². The van der Waals surface area contributed by atoms with Crippen LogP contribution < -0.4 is 5.32 Å². The predicted molar refractivity (Wildman–Crippen MR) is 80.8 cm³/mol. The Hall–Kier alpha value is -0.940. The Balaban J connectivity index is 2.37. The Bertz CT molecular complexity index is 353. The van der Waals surface area contributed by atoms with Crippen LogP contribution >= 0.6 is 0 Å². The van der Waals surface area contributed by atoms with Gasteiger partial charge in [0.05, 0.1) is 25.9 Å². The number of nitrogens with one attached hydrogen (secondary N) is 1. The average Bonchev–Trinajstić information content (AvgIpc) is 2.47. The summed E-state index contributed by atoms with van der Waals surface area (Å²) in [7, 11) is 0. The van der Waals surface area contributed by atoms with Crippen molar-refractivity contribution in [2.45, 2.75) is 38.8 Å². The van der Waals surface area contributed by atoms with Gasteiger partial charge in [-0.2, -0.15) is 0 Å². The SMILES string of the molecule is CCCc1ccc(C(O)C(C)NCCOCCO)cc1. The third-order valence-corrected chi connectivity index (χ3v) is 3.28. The van der Waals surface area contributed by atoms with Crippen molar-refractivity contribution < 1.29 is 14.9 Å². The third-order valence-electron chi connectivity index (χ3n) is 3.28. The van der Waals surface area contributed by atoms with Gasteiger partial charge in [0.2, 0.25) is 0 Å². The lowest BCUT2D eigenvalue weighted by molar-refractivity contribution is 0.0849. The lowest BCUT2D eigenvalue weighted by atomic mass is 10.0. The second-order valence-electron chi connectivity index (χ2n) is 5.02. The van der Waals surface area contributed by atoms with Gasteiger partial charge < -0.3 is 20.3 Å². The molecule has 1 aromatic rings. The van der Waals surface area contributed by atoms with E-state index >= 15 is 0 Å². The van der Waals surface area contributed by atoms with Gasteiger partial charge in [0.15, 0.2) is 0 Å². The number of aliphatic hydroxyl groups excluding tert-OH is 2. The summed E-state index contributed by atoms with van der Waals surface area (Å²) in [5.41, 5.74) is 2.24. The fourth-order valence-corrected chi connectivity index (χ4v) is 2.10. The largest absolute Gasteiger partial charge is 0.394 e. The van der Waals surface area contributed by atoms with Crippen molar-refractivity contribution in [3.05, 3.63) is 35.4 Å². The van der Waals surface area contributed by atoms with E-state index in [1.165, 1.54) is 5.56 Å². The first-order valence-corrected chi connectivity index (χ1v) is 7.38. The molecule has 0 saturated carbocycles. The molecule has 4 heteroatoms. The van der Waals surface area contributed by atoms with Crippen LogP contribution in [0.4, 0.5) is 0 Å². The molecule has 1 aromatic carbocycles. The quantitative estimate of drug-likeness (QED) is 0.571. The van der Waals surface area contributed by atoms with E-state index in [0.29, 0.717) is 19.8 Å². The zero-order valence-corrected chi connectivity index (χ0v) is 12.5. The van der Waals surface area contributed by atoms with Crippen molar-refractivity contribution in [2.75, 3.05) is 26.4 Å². The van der Waals surface area contributed by atoms with E-state index in [2.05, 4.69) is 24.4 Å².